The molecule has 1 rings (SSSR count). The van der Waals surface area contributed by atoms with Gasteiger partial charge < -0.3 is 5.32 Å². The highest BCUT2D eigenvalue weighted by atomic mass is 14.9. The fourth-order valence-corrected chi connectivity index (χ4v) is 1.56. The standard InChI is InChI=1S/C11H18N/c1-8-6-9(2)10(12-7-8)11(3,4)5/h6-7,12H,1-5H3. The van der Waals surface area contributed by atoms with Gasteiger partial charge in [-0.15, -0.1) is 0 Å². The van der Waals surface area contributed by atoms with Crippen molar-refractivity contribution < 1.29 is 0 Å². The summed E-state index contributed by atoms with van der Waals surface area (Å²) in [5.74, 6) is 0. The molecular formula is C11H18N. The Bertz CT molecular complexity index is 228. The van der Waals surface area contributed by atoms with Crippen LogP contribution in [0.4, 0.5) is 0 Å². The summed E-state index contributed by atoms with van der Waals surface area (Å²) in [5.41, 5.74) is 2.86. The van der Waals surface area contributed by atoms with Crippen LogP contribution in [0, 0.1) is 11.5 Å². The topological polar surface area (TPSA) is 12.0 Å². The smallest absolute Gasteiger partial charge is 0.0904 e. The highest BCUT2D eigenvalue weighted by Gasteiger charge is 2.27. The van der Waals surface area contributed by atoms with E-state index in [-0.39, 0.29) is 5.41 Å². The fourth-order valence-electron chi connectivity index (χ4n) is 1.56. The molecule has 1 heterocycles. The lowest BCUT2D eigenvalue weighted by atomic mass is 9.81. The first kappa shape index (κ1) is 9.37. The van der Waals surface area contributed by atoms with Gasteiger partial charge in [0.2, 0.25) is 0 Å². The molecule has 0 aromatic rings. The van der Waals surface area contributed by atoms with Gasteiger partial charge in [-0.2, -0.15) is 0 Å². The lowest BCUT2D eigenvalue weighted by Crippen LogP contribution is -2.31. The first-order valence-corrected chi connectivity index (χ1v) is 4.40. The van der Waals surface area contributed by atoms with E-state index in [4.69, 9.17) is 0 Å². The van der Waals surface area contributed by atoms with Gasteiger partial charge in [-0.25, -0.2) is 0 Å². The van der Waals surface area contributed by atoms with Crippen molar-refractivity contribution in [2.24, 2.45) is 5.41 Å². The number of nitrogens with one attached hydrogen (secondary N) is 1. The molecule has 0 atom stereocenters. The number of allylic oxidation sites excluding steroid dienone is 2. The molecule has 0 saturated carbocycles. The molecule has 0 aliphatic carbocycles. The molecule has 0 aromatic heterocycles. The molecule has 1 nitrogen and oxygen atoms in total. The Labute approximate surface area is 75.6 Å². The highest BCUT2D eigenvalue weighted by molar-refractivity contribution is 5.37. The van der Waals surface area contributed by atoms with Crippen LogP contribution >= 0.6 is 0 Å². The molecule has 1 aliphatic rings. The third-order valence-electron chi connectivity index (χ3n) is 2.03. The van der Waals surface area contributed by atoms with Gasteiger partial charge in [0.1, 0.15) is 0 Å². The molecule has 0 saturated heterocycles. The third kappa shape index (κ3) is 1.90. The predicted octanol–water partition coefficient (Wildman–Crippen LogP) is 3.02. The van der Waals surface area contributed by atoms with Gasteiger partial charge in [-0.05, 0) is 30.4 Å². The number of dihydropyridines is 1. The quantitative estimate of drug-likeness (QED) is 0.580. The van der Waals surface area contributed by atoms with Crippen molar-refractivity contribution in [3.8, 4) is 0 Å². The number of hydrogen-bond donors (Lipinski definition) is 1. The fraction of sp³-hybridized carbons (Fsp3) is 0.545. The van der Waals surface area contributed by atoms with Crippen molar-refractivity contribution in [1.29, 1.82) is 0 Å². The van der Waals surface area contributed by atoms with E-state index in [0.717, 1.165) is 0 Å². The summed E-state index contributed by atoms with van der Waals surface area (Å²) in [7, 11) is 0. The normalized spacial score (nSPS) is 19.8. The first-order chi connectivity index (χ1) is 5.41. The van der Waals surface area contributed by atoms with Crippen LogP contribution in [-0.2, 0) is 0 Å². The molecule has 0 fully saturated rings. The van der Waals surface area contributed by atoms with E-state index in [2.05, 4.69) is 52.2 Å². The first-order valence-electron chi connectivity index (χ1n) is 4.40. The van der Waals surface area contributed by atoms with Gasteiger partial charge in [0.15, 0.2) is 0 Å². The van der Waals surface area contributed by atoms with Crippen molar-refractivity contribution in [2.75, 3.05) is 0 Å². The van der Waals surface area contributed by atoms with E-state index in [9.17, 15) is 0 Å². The van der Waals surface area contributed by atoms with E-state index >= 15 is 0 Å². The van der Waals surface area contributed by atoms with E-state index < -0.39 is 0 Å². The van der Waals surface area contributed by atoms with Gasteiger partial charge in [0.05, 0.1) is 6.04 Å². The minimum atomic E-state index is 0.220. The van der Waals surface area contributed by atoms with Crippen LogP contribution in [-0.4, -0.2) is 0 Å². The highest BCUT2D eigenvalue weighted by Crippen LogP contribution is 2.33. The maximum Gasteiger partial charge on any atom is 0.0904 e. The maximum absolute atomic E-state index is 3.34. The van der Waals surface area contributed by atoms with E-state index in [1.165, 1.54) is 17.2 Å². The van der Waals surface area contributed by atoms with Gasteiger partial charge in [-0.3, -0.25) is 0 Å². The SMILES string of the molecule is CC1=CN[C](C(C)(C)C)C(C)=C1. The average molecular weight is 164 g/mol. The molecule has 67 valence electrons. The van der Waals surface area contributed by atoms with Gasteiger partial charge >= 0.3 is 0 Å². The largest absolute Gasteiger partial charge is 0.379 e. The van der Waals surface area contributed by atoms with Crippen LogP contribution in [0.5, 0.6) is 0 Å². The number of hydrogen-bond acceptors (Lipinski definition) is 1. The molecule has 1 heteroatoms. The summed E-state index contributed by atoms with van der Waals surface area (Å²) in [6.45, 7) is 10.9. The minimum Gasteiger partial charge on any atom is -0.379 e. The van der Waals surface area contributed by atoms with Gasteiger partial charge in [-0.1, -0.05) is 26.8 Å². The lowest BCUT2D eigenvalue weighted by Gasteiger charge is -2.33. The summed E-state index contributed by atoms with van der Waals surface area (Å²) >= 11 is 0. The van der Waals surface area contributed by atoms with Crippen molar-refractivity contribution in [1.82, 2.24) is 5.32 Å². The van der Waals surface area contributed by atoms with Crippen LogP contribution < -0.4 is 5.32 Å². The molecule has 1 N–H and O–H groups in total. The summed E-state index contributed by atoms with van der Waals surface area (Å²) < 4.78 is 0. The summed E-state index contributed by atoms with van der Waals surface area (Å²) in [6.07, 6.45) is 4.28. The second-order valence-electron chi connectivity index (χ2n) is 4.49. The van der Waals surface area contributed by atoms with Gasteiger partial charge in [0.25, 0.3) is 0 Å². The van der Waals surface area contributed by atoms with Crippen LogP contribution in [0.3, 0.4) is 0 Å². The number of rotatable bonds is 0. The molecule has 0 unspecified atom stereocenters. The second kappa shape index (κ2) is 2.96. The Balaban J connectivity index is 2.82. The summed E-state index contributed by atoms with van der Waals surface area (Å²) in [6, 6.07) is 1.33. The summed E-state index contributed by atoms with van der Waals surface area (Å²) in [5, 5.41) is 3.34. The van der Waals surface area contributed by atoms with Crippen molar-refractivity contribution in [3.63, 3.8) is 0 Å². The third-order valence-corrected chi connectivity index (χ3v) is 2.03. The Kier molecular flexibility index (Phi) is 2.31. The molecule has 0 aromatic carbocycles. The molecule has 0 bridgehead atoms. The van der Waals surface area contributed by atoms with Crippen LogP contribution in [0.2, 0.25) is 0 Å². The molecular weight excluding hydrogens is 146 g/mol. The molecule has 12 heavy (non-hydrogen) atoms. The Hall–Kier alpha value is -0.720. The average Bonchev–Trinajstić information content (AvgIpc) is 1.83. The Morgan fingerprint density at radius 3 is 2.17 bits per heavy atom. The second-order valence-corrected chi connectivity index (χ2v) is 4.49. The van der Waals surface area contributed by atoms with Gasteiger partial charge in [0, 0.05) is 6.20 Å². The Morgan fingerprint density at radius 1 is 1.17 bits per heavy atom. The molecule has 1 radical (unpaired) electrons. The molecule has 0 amide bonds. The van der Waals surface area contributed by atoms with Crippen LogP contribution in [0.15, 0.2) is 23.4 Å². The molecule has 1 aliphatic heterocycles. The monoisotopic (exact) mass is 164 g/mol. The predicted molar refractivity (Wildman–Crippen MR) is 53.3 cm³/mol. The zero-order valence-corrected chi connectivity index (χ0v) is 8.65. The zero-order chi connectivity index (χ0) is 9.35. The molecule has 0 spiro atoms. The van der Waals surface area contributed by atoms with Crippen molar-refractivity contribution in [2.45, 2.75) is 34.6 Å². The van der Waals surface area contributed by atoms with Crippen LogP contribution in [0.25, 0.3) is 0 Å². The minimum absolute atomic E-state index is 0.220. The van der Waals surface area contributed by atoms with Crippen molar-refractivity contribution in [3.05, 3.63) is 29.5 Å². The van der Waals surface area contributed by atoms with E-state index in [1.54, 1.807) is 0 Å². The zero-order valence-electron chi connectivity index (χ0n) is 8.65. The lowest BCUT2D eigenvalue weighted by molar-refractivity contribution is 0.412. The maximum atomic E-state index is 3.34. The van der Waals surface area contributed by atoms with Crippen LogP contribution in [0.1, 0.15) is 34.6 Å². The van der Waals surface area contributed by atoms with Crippen molar-refractivity contribution >= 4 is 0 Å². The summed E-state index contributed by atoms with van der Waals surface area (Å²) in [4.78, 5) is 0. The Morgan fingerprint density at radius 2 is 1.75 bits per heavy atom. The van der Waals surface area contributed by atoms with E-state index in [1.807, 2.05) is 0 Å². The van der Waals surface area contributed by atoms with E-state index in [0.29, 0.717) is 0 Å².